The Balaban J connectivity index is 1.80. The van der Waals surface area contributed by atoms with Gasteiger partial charge in [0.15, 0.2) is 0 Å². The van der Waals surface area contributed by atoms with E-state index >= 15 is 4.39 Å². The van der Waals surface area contributed by atoms with Gasteiger partial charge in [0.2, 0.25) is 5.91 Å². The second-order valence-corrected chi connectivity index (χ2v) is 9.44. The van der Waals surface area contributed by atoms with Crippen molar-refractivity contribution in [3.8, 4) is 23.1 Å². The van der Waals surface area contributed by atoms with Crippen molar-refractivity contribution in [3.63, 3.8) is 0 Å². The zero-order valence-electron chi connectivity index (χ0n) is 22.5. The molecule has 2 amide bonds. The molecule has 2 heterocycles. The van der Waals surface area contributed by atoms with Gasteiger partial charge in [-0.2, -0.15) is 0 Å². The smallest absolute Gasteiger partial charge is 0.256 e. The first kappa shape index (κ1) is 28.7. The number of halogens is 1. The van der Waals surface area contributed by atoms with Gasteiger partial charge < -0.3 is 15.5 Å². The third-order valence-electron chi connectivity index (χ3n) is 6.20. The van der Waals surface area contributed by atoms with Crippen molar-refractivity contribution in [2.45, 2.75) is 26.3 Å². The van der Waals surface area contributed by atoms with E-state index in [9.17, 15) is 9.59 Å². The number of amides is 2. The fourth-order valence-electron chi connectivity index (χ4n) is 3.94. The molecule has 1 fully saturated rings. The van der Waals surface area contributed by atoms with Crippen molar-refractivity contribution in [1.82, 2.24) is 24.7 Å². The Morgan fingerprint density at radius 2 is 1.95 bits per heavy atom. The molecule has 0 aliphatic carbocycles. The average Bonchev–Trinajstić information content (AvgIpc) is 2.90. The minimum atomic E-state index is -0.627. The van der Waals surface area contributed by atoms with Crippen molar-refractivity contribution in [1.29, 1.82) is 0 Å². The number of allylic oxidation sites excluding steroid dienone is 2. The number of carbonyl (C=O) groups excluding carboxylic acids is 2. The minimum Gasteiger partial charge on any atom is -0.348 e. The van der Waals surface area contributed by atoms with Crippen LogP contribution < -0.4 is 5.73 Å². The van der Waals surface area contributed by atoms with Crippen LogP contribution in [0.25, 0.3) is 11.3 Å². The maximum absolute atomic E-state index is 15.3. The minimum absolute atomic E-state index is 0.00149. The standard InChI is InChI=1S/C29H35FN6O2/c1-6-26-24(11-8-20(2)7-9-21(3)31)28(33-19-32-26)22-10-12-23(25(30)17-22)29(38)36-15-13-35(14-16-36)18-27(37)34(4)5/h7,9-10,12,17,19,21H,2,6,13-16,18,31H2,1,3-5H3/b9-7-. The molecular formula is C29H35FN6O2. The van der Waals surface area contributed by atoms with Gasteiger partial charge in [-0.3, -0.25) is 14.5 Å². The molecule has 0 spiro atoms. The van der Waals surface area contributed by atoms with E-state index in [1.165, 1.54) is 18.5 Å². The number of nitrogens with two attached hydrogens (primary N) is 1. The number of piperazine rings is 1. The van der Waals surface area contributed by atoms with Crippen molar-refractivity contribution >= 4 is 11.8 Å². The number of benzene rings is 1. The third-order valence-corrected chi connectivity index (χ3v) is 6.20. The van der Waals surface area contributed by atoms with Crippen LogP contribution in [0.15, 0.2) is 48.8 Å². The van der Waals surface area contributed by atoms with Gasteiger partial charge in [-0.25, -0.2) is 14.4 Å². The maximum atomic E-state index is 15.3. The number of carbonyl (C=O) groups is 2. The van der Waals surface area contributed by atoms with E-state index in [1.807, 2.05) is 18.7 Å². The van der Waals surface area contributed by atoms with Crippen LogP contribution in [0.4, 0.5) is 4.39 Å². The predicted octanol–water partition coefficient (Wildman–Crippen LogP) is 2.50. The Labute approximate surface area is 224 Å². The van der Waals surface area contributed by atoms with Crippen LogP contribution in [0.2, 0.25) is 0 Å². The highest BCUT2D eigenvalue weighted by molar-refractivity contribution is 5.95. The fourth-order valence-corrected chi connectivity index (χ4v) is 3.94. The second kappa shape index (κ2) is 13.1. The summed E-state index contributed by atoms with van der Waals surface area (Å²) < 4.78 is 15.3. The lowest BCUT2D eigenvalue weighted by molar-refractivity contribution is -0.130. The number of likely N-dealkylation sites (N-methyl/N-ethyl adjacent to an activating group) is 1. The van der Waals surface area contributed by atoms with Crippen molar-refractivity contribution in [2.75, 3.05) is 46.8 Å². The van der Waals surface area contributed by atoms with E-state index in [-0.39, 0.29) is 23.4 Å². The summed E-state index contributed by atoms with van der Waals surface area (Å²) in [4.78, 5) is 38.9. The van der Waals surface area contributed by atoms with E-state index in [0.29, 0.717) is 61.5 Å². The van der Waals surface area contributed by atoms with Crippen LogP contribution in [-0.4, -0.2) is 89.3 Å². The molecule has 1 aromatic heterocycles. The van der Waals surface area contributed by atoms with E-state index in [2.05, 4.69) is 28.4 Å². The third kappa shape index (κ3) is 7.34. The first-order valence-electron chi connectivity index (χ1n) is 12.6. The number of aryl methyl sites for hydroxylation is 1. The summed E-state index contributed by atoms with van der Waals surface area (Å²) in [5, 5.41) is 0. The molecule has 8 nitrogen and oxygen atoms in total. The molecule has 38 heavy (non-hydrogen) atoms. The molecule has 1 aliphatic rings. The topological polar surface area (TPSA) is 95.7 Å². The normalized spacial score (nSPS) is 14.6. The van der Waals surface area contributed by atoms with Gasteiger partial charge in [0, 0.05) is 57.5 Å². The van der Waals surface area contributed by atoms with Crippen LogP contribution >= 0.6 is 0 Å². The molecule has 1 unspecified atom stereocenters. The molecule has 200 valence electrons. The lowest BCUT2D eigenvalue weighted by Crippen LogP contribution is -2.51. The molecule has 0 saturated carbocycles. The second-order valence-electron chi connectivity index (χ2n) is 9.44. The Morgan fingerprint density at radius 3 is 2.55 bits per heavy atom. The molecule has 0 radical (unpaired) electrons. The first-order chi connectivity index (χ1) is 18.1. The lowest BCUT2D eigenvalue weighted by Gasteiger charge is -2.34. The predicted molar refractivity (Wildman–Crippen MR) is 147 cm³/mol. The molecule has 1 aromatic carbocycles. The van der Waals surface area contributed by atoms with E-state index < -0.39 is 5.82 Å². The highest BCUT2D eigenvalue weighted by atomic mass is 19.1. The number of nitrogens with zero attached hydrogens (tertiary/aromatic N) is 5. The zero-order chi connectivity index (χ0) is 27.8. The number of aromatic nitrogens is 2. The average molecular weight is 519 g/mol. The van der Waals surface area contributed by atoms with Gasteiger partial charge in [-0.15, -0.1) is 0 Å². The molecule has 1 saturated heterocycles. The Bertz CT molecular complexity index is 1280. The molecule has 3 rings (SSSR count). The van der Waals surface area contributed by atoms with Crippen molar-refractivity contribution < 1.29 is 14.0 Å². The number of hydrogen-bond donors (Lipinski definition) is 1. The molecule has 1 aliphatic heterocycles. The van der Waals surface area contributed by atoms with Crippen LogP contribution in [-0.2, 0) is 11.2 Å². The van der Waals surface area contributed by atoms with Gasteiger partial charge >= 0.3 is 0 Å². The summed E-state index contributed by atoms with van der Waals surface area (Å²) in [6.07, 6.45) is 5.61. The highest BCUT2D eigenvalue weighted by Gasteiger charge is 2.26. The van der Waals surface area contributed by atoms with Gasteiger partial charge in [-0.05, 0) is 31.6 Å². The van der Waals surface area contributed by atoms with Crippen LogP contribution in [0.5, 0.6) is 0 Å². The summed E-state index contributed by atoms with van der Waals surface area (Å²) >= 11 is 0. The Kier molecular flexibility index (Phi) is 9.88. The molecular weight excluding hydrogens is 483 g/mol. The van der Waals surface area contributed by atoms with Gasteiger partial charge in [0.1, 0.15) is 12.1 Å². The van der Waals surface area contributed by atoms with Crippen LogP contribution in [0.3, 0.4) is 0 Å². The maximum Gasteiger partial charge on any atom is 0.256 e. The van der Waals surface area contributed by atoms with Gasteiger partial charge in [0.05, 0.1) is 29.1 Å². The summed E-state index contributed by atoms with van der Waals surface area (Å²) in [7, 11) is 3.43. The largest absolute Gasteiger partial charge is 0.348 e. The number of rotatable bonds is 7. The molecule has 1 atom stereocenters. The summed E-state index contributed by atoms with van der Waals surface area (Å²) in [6.45, 7) is 10.0. The number of hydrogen-bond acceptors (Lipinski definition) is 6. The summed E-state index contributed by atoms with van der Waals surface area (Å²) in [5.74, 6) is 5.10. The Morgan fingerprint density at radius 1 is 1.24 bits per heavy atom. The van der Waals surface area contributed by atoms with E-state index in [1.54, 1.807) is 42.1 Å². The van der Waals surface area contributed by atoms with Crippen LogP contribution in [0.1, 0.15) is 35.5 Å². The molecule has 2 N–H and O–H groups in total. The lowest BCUT2D eigenvalue weighted by atomic mass is 10.0. The van der Waals surface area contributed by atoms with Crippen molar-refractivity contribution in [2.24, 2.45) is 5.73 Å². The fraction of sp³-hybridized carbons (Fsp3) is 0.379. The van der Waals surface area contributed by atoms with Gasteiger partial charge in [0.25, 0.3) is 5.91 Å². The van der Waals surface area contributed by atoms with Crippen molar-refractivity contribution in [3.05, 3.63) is 71.5 Å². The quantitative estimate of drug-likeness (QED) is 0.447. The summed E-state index contributed by atoms with van der Waals surface area (Å²) in [6, 6.07) is 4.37. The van der Waals surface area contributed by atoms with E-state index in [0.717, 1.165) is 5.69 Å². The van der Waals surface area contributed by atoms with Crippen LogP contribution in [0, 0.1) is 17.7 Å². The SMILES string of the molecule is C=C(C#Cc1c(CC)ncnc1-c1ccc(C(=O)N2CCN(CC(=O)N(C)C)CC2)c(F)c1)/C=C\C(C)N. The highest BCUT2D eigenvalue weighted by Crippen LogP contribution is 2.26. The zero-order valence-corrected chi connectivity index (χ0v) is 22.5. The Hall–Kier alpha value is -3.87. The first-order valence-corrected chi connectivity index (χ1v) is 12.6. The molecule has 2 aromatic rings. The van der Waals surface area contributed by atoms with E-state index in [4.69, 9.17) is 5.73 Å². The molecule has 0 bridgehead atoms. The summed E-state index contributed by atoms with van der Waals surface area (Å²) in [5.41, 5.74) is 8.65. The molecule has 9 heteroatoms. The van der Waals surface area contributed by atoms with Gasteiger partial charge in [-0.1, -0.05) is 37.5 Å². The monoisotopic (exact) mass is 518 g/mol.